The van der Waals surface area contributed by atoms with E-state index in [9.17, 15) is 67.9 Å². The highest BCUT2D eigenvalue weighted by Crippen LogP contribution is 2.34. The van der Waals surface area contributed by atoms with Crippen molar-refractivity contribution in [1.29, 1.82) is 0 Å². The maximum absolute atomic E-state index is 14.0. The average molecular weight is 1430 g/mol. The van der Waals surface area contributed by atoms with Crippen LogP contribution in [0.1, 0.15) is 68.5 Å². The number of carboxylic acids is 1. The minimum atomic E-state index is -1.03. The van der Waals surface area contributed by atoms with Crippen LogP contribution < -0.4 is 17.2 Å². The molecule has 2 amide bonds. The Morgan fingerprint density at radius 1 is 0.535 bits per heavy atom. The van der Waals surface area contributed by atoms with Gasteiger partial charge in [-0.15, -0.1) is 0 Å². The number of hydrogen-bond acceptors (Lipinski definition) is 9. The van der Waals surface area contributed by atoms with Crippen molar-refractivity contribution in [3.05, 3.63) is 287 Å². The number of fused-ring (bicyclic) bond motifs is 3. The van der Waals surface area contributed by atoms with Crippen molar-refractivity contribution in [2.24, 2.45) is 17.2 Å². The third-order valence-electron chi connectivity index (χ3n) is 14.9. The highest BCUT2D eigenvalue weighted by Gasteiger charge is 2.24. The lowest BCUT2D eigenvalue weighted by molar-refractivity contribution is -0.140. The zero-order valence-electron chi connectivity index (χ0n) is 52.2. The zero-order valence-corrected chi connectivity index (χ0v) is 53.7. The van der Waals surface area contributed by atoms with Gasteiger partial charge in [0, 0.05) is 118 Å². The van der Waals surface area contributed by atoms with Gasteiger partial charge >= 0.3 is 11.9 Å². The van der Waals surface area contributed by atoms with Crippen LogP contribution in [0.15, 0.2) is 195 Å². The summed E-state index contributed by atoms with van der Waals surface area (Å²) in [5.74, 6) is -11.6. The minimum Gasteiger partial charge on any atom is -0.480 e. The Hall–Kier alpha value is -11.3. The summed E-state index contributed by atoms with van der Waals surface area (Å²) in [6, 6.07) is 37.7. The third-order valence-corrected chi connectivity index (χ3v) is 15.3. The molecule has 26 heteroatoms. The quantitative estimate of drug-likeness (QED) is 0.0309. The summed E-state index contributed by atoms with van der Waals surface area (Å²) in [7, 11) is 0. The Morgan fingerprint density at radius 2 is 0.990 bits per heavy atom. The van der Waals surface area contributed by atoms with Gasteiger partial charge < -0.3 is 41.2 Å². The van der Waals surface area contributed by atoms with E-state index >= 15 is 0 Å². The first-order valence-electron chi connectivity index (χ1n) is 29.9. The number of ether oxygens (including phenoxy) is 1. The summed E-state index contributed by atoms with van der Waals surface area (Å²) < 4.78 is 141. The van der Waals surface area contributed by atoms with Gasteiger partial charge in [0.1, 0.15) is 35.1 Å². The van der Waals surface area contributed by atoms with Crippen LogP contribution in [0.3, 0.4) is 0 Å². The Morgan fingerprint density at radius 3 is 1.46 bits per heavy atom. The molecular weight excluding hydrogens is 1370 g/mol. The van der Waals surface area contributed by atoms with Crippen LogP contribution in [-0.4, -0.2) is 70.7 Å². The van der Waals surface area contributed by atoms with Crippen molar-refractivity contribution in [1.82, 2.24) is 24.1 Å². The number of benzene rings is 7. The van der Waals surface area contributed by atoms with Crippen molar-refractivity contribution >= 4 is 78.2 Å². The smallest absolute Gasteiger partial charge is 0.323 e. The number of nitrogens with zero attached hydrogens (tertiary/aromatic N) is 4. The molecule has 12 aromatic rings. The van der Waals surface area contributed by atoms with Gasteiger partial charge in [0.2, 0.25) is 11.8 Å². The second kappa shape index (κ2) is 34.1. The van der Waals surface area contributed by atoms with E-state index in [1.165, 1.54) is 45.7 Å². The number of H-pyrrole nitrogens is 1. The number of nitrogens with two attached hydrogens (primary N) is 3. The molecule has 15 nitrogen and oxygen atoms in total. The summed E-state index contributed by atoms with van der Waals surface area (Å²) in [6.07, 6.45) is 8.09. The third kappa shape index (κ3) is 20.2. The Labute approximate surface area is 566 Å². The fourth-order valence-electron chi connectivity index (χ4n) is 10.5. The standard InChI is InChI=1S/C31H23F4N3O2.C20H17F2N3O.C10H7F2NO2.C8H5F2N.C4H7BrO2/c32-23-10-18(11-24(33)15-23)9-22(13-25(39)17-38-8-6-20-14-27(34)28(35)16-29(20)38)30-26(5-2-7-37-30)19-3-1-4-21(12-19)31(36)40;21-15-7-12(8-16(22)11-15)9-18(23)19-17(5-2-6-25-19)13-3-1-4-14(10-13)20(24)26;11-7-3-6-1-2-13(5-10(14)15)9(6)4-8(7)12;9-6-3-5-1-2-11-8(5)4-7(6)10;1-2-7-4(6)3-5/h1-8,10-12,14-16,22H,9,13,17H2,(H2,36,40);1-8,10-11,18H,9,23H2,(H2,24,26);1-4H,5H2,(H,14,15);1-4,11H;2-3H2,1H3/t22-;18-;;;/m10.../s1. The van der Waals surface area contributed by atoms with E-state index < -0.39 is 87.9 Å². The topological polar surface area (TPSA) is 244 Å². The van der Waals surface area contributed by atoms with Gasteiger partial charge in [-0.25, -0.2) is 43.9 Å². The highest BCUT2D eigenvalue weighted by atomic mass is 79.9. The first-order chi connectivity index (χ1) is 47.3. The highest BCUT2D eigenvalue weighted by molar-refractivity contribution is 9.09. The molecule has 99 heavy (non-hydrogen) atoms. The van der Waals surface area contributed by atoms with E-state index in [-0.39, 0.29) is 49.7 Å². The maximum Gasteiger partial charge on any atom is 0.323 e. The molecular formula is C73H59BrF10N8O7. The molecule has 0 radical (unpaired) electrons. The number of carbonyl (C=O) groups is 5. The number of nitrogens with one attached hydrogen (secondary N) is 1. The molecule has 5 aromatic heterocycles. The SMILES string of the molecule is CCOC(=O)CBr.Fc1cc2cc[nH]c2cc1F.NC(=O)c1cccc(-c2cccnc2[C@@H](CC(=O)Cn2ccc3cc(F)c(F)cc32)Cc2cc(F)cc(F)c2)c1.NC(=O)c1cccc(-c2cccnc2[C@@H](N)Cc2cc(F)cc(F)c2)c1.O=C(O)Cn1ccc2cc(F)c(F)cc21. The molecule has 2 atom stereocenters. The van der Waals surface area contributed by atoms with Gasteiger partial charge in [-0.1, -0.05) is 52.3 Å². The van der Waals surface area contributed by atoms with Crippen LogP contribution in [0.4, 0.5) is 43.9 Å². The number of esters is 1. The lowest BCUT2D eigenvalue weighted by Gasteiger charge is -2.20. The van der Waals surface area contributed by atoms with E-state index in [0.29, 0.717) is 83.9 Å². The van der Waals surface area contributed by atoms with E-state index in [0.717, 1.165) is 53.6 Å². The minimum absolute atomic E-state index is 0.0684. The van der Waals surface area contributed by atoms with Gasteiger partial charge in [-0.3, -0.25) is 33.9 Å². The Balaban J connectivity index is 0.000000179. The number of halogens is 11. The van der Waals surface area contributed by atoms with Crippen molar-refractivity contribution in [3.63, 3.8) is 0 Å². The summed E-state index contributed by atoms with van der Waals surface area (Å²) in [4.78, 5) is 68.9. The predicted molar refractivity (Wildman–Crippen MR) is 356 cm³/mol. The molecule has 0 bridgehead atoms. The lowest BCUT2D eigenvalue weighted by Crippen LogP contribution is -2.17. The number of primary amides is 2. The average Bonchev–Trinajstić information content (AvgIpc) is 1.70. The van der Waals surface area contributed by atoms with Crippen LogP contribution in [0.2, 0.25) is 0 Å². The number of pyridine rings is 2. The summed E-state index contributed by atoms with van der Waals surface area (Å²) in [5.41, 5.74) is 23.6. The zero-order chi connectivity index (χ0) is 71.6. The Bertz CT molecular complexity index is 4840. The Kier molecular flexibility index (Phi) is 25.3. The van der Waals surface area contributed by atoms with Crippen molar-refractivity contribution in [2.45, 2.75) is 51.2 Å². The number of ketones is 1. The first kappa shape index (κ1) is 73.6. The molecule has 0 spiro atoms. The fraction of sp³-hybridized carbons (Fsp3) is 0.137. The molecule has 0 saturated carbocycles. The molecule has 510 valence electrons. The number of alkyl halides is 1. The molecule has 0 unspecified atom stereocenters. The largest absolute Gasteiger partial charge is 0.480 e. The normalized spacial score (nSPS) is 11.4. The summed E-state index contributed by atoms with van der Waals surface area (Å²) in [5, 5.41) is 10.5. The van der Waals surface area contributed by atoms with Crippen LogP contribution >= 0.6 is 15.9 Å². The molecule has 8 N–H and O–H groups in total. The lowest BCUT2D eigenvalue weighted by atomic mass is 9.86. The maximum atomic E-state index is 14.0. The van der Waals surface area contributed by atoms with Crippen molar-refractivity contribution < 1.29 is 77.7 Å². The number of aromatic amines is 1. The number of aliphatic carboxylic acids is 1. The summed E-state index contributed by atoms with van der Waals surface area (Å²) in [6.45, 7) is 1.83. The fourth-order valence-corrected chi connectivity index (χ4v) is 10.7. The van der Waals surface area contributed by atoms with Crippen LogP contribution in [0, 0.1) is 58.2 Å². The van der Waals surface area contributed by atoms with Crippen molar-refractivity contribution in [2.75, 3.05) is 11.9 Å². The van der Waals surface area contributed by atoms with Crippen LogP contribution in [-0.2, 0) is 45.1 Å². The van der Waals surface area contributed by atoms with Gasteiger partial charge in [0.15, 0.2) is 40.7 Å². The monoisotopic (exact) mass is 1430 g/mol. The molecule has 12 rings (SSSR count). The molecule has 7 aromatic carbocycles. The molecule has 0 aliphatic heterocycles. The van der Waals surface area contributed by atoms with Crippen LogP contribution in [0.25, 0.3) is 55.0 Å². The van der Waals surface area contributed by atoms with Gasteiger partial charge in [-0.2, -0.15) is 0 Å². The number of carbonyl (C=O) groups excluding carboxylic acids is 4. The predicted octanol–water partition coefficient (Wildman–Crippen LogP) is 15.1. The van der Waals surface area contributed by atoms with E-state index in [2.05, 4.69) is 35.6 Å². The molecule has 0 aliphatic carbocycles. The second-order valence-electron chi connectivity index (χ2n) is 22.0. The van der Waals surface area contributed by atoms with Gasteiger partial charge in [0.05, 0.1) is 41.6 Å². The number of carboxylic acid groups (broad SMARTS) is 1. The van der Waals surface area contributed by atoms with Gasteiger partial charge in [-0.05, 0) is 139 Å². The van der Waals surface area contributed by atoms with E-state index in [4.69, 9.17) is 22.3 Å². The molecule has 5 heterocycles. The molecule has 0 saturated heterocycles. The molecule has 0 fully saturated rings. The first-order valence-corrected chi connectivity index (χ1v) is 31.0. The number of Topliss-reactive ketones (excluding diaryl/α,β-unsaturated/α-hetero) is 1. The van der Waals surface area contributed by atoms with Gasteiger partial charge in [0.25, 0.3) is 0 Å². The second-order valence-corrected chi connectivity index (χ2v) is 22.5. The van der Waals surface area contributed by atoms with E-state index in [1.54, 1.807) is 111 Å². The summed E-state index contributed by atoms with van der Waals surface area (Å²) >= 11 is 2.94. The van der Waals surface area contributed by atoms with E-state index in [1.807, 2.05) is 12.1 Å². The van der Waals surface area contributed by atoms with Crippen LogP contribution in [0.5, 0.6) is 0 Å². The number of rotatable bonds is 18. The molecule has 0 aliphatic rings. The van der Waals surface area contributed by atoms with Crippen molar-refractivity contribution in [3.8, 4) is 22.3 Å². The number of amides is 2. The number of hydrogen-bond donors (Lipinski definition) is 5. The number of aromatic nitrogens is 5.